The Hall–Kier alpha value is -3.02. The normalized spacial score (nSPS) is 21.8. The molecule has 2 fully saturated rings. The Balaban J connectivity index is 1.64. The molecule has 2 aliphatic rings. The van der Waals surface area contributed by atoms with E-state index in [1.165, 1.54) is 12.8 Å². The van der Waals surface area contributed by atoms with Crippen LogP contribution in [0.25, 0.3) is 0 Å². The van der Waals surface area contributed by atoms with E-state index in [-0.39, 0.29) is 30.3 Å². The third-order valence-electron chi connectivity index (χ3n) is 6.67. The number of benzene rings is 2. The molecular weight excluding hydrogens is 404 g/mol. The van der Waals surface area contributed by atoms with Crippen molar-refractivity contribution < 1.29 is 19.1 Å². The molecule has 0 radical (unpaired) electrons. The second kappa shape index (κ2) is 10.1. The van der Waals surface area contributed by atoms with E-state index in [1.807, 2.05) is 48.5 Å². The summed E-state index contributed by atoms with van der Waals surface area (Å²) in [6.07, 6.45) is 6.98. The average molecular weight is 437 g/mol. The van der Waals surface area contributed by atoms with Crippen LogP contribution in [0.1, 0.15) is 56.6 Å². The molecule has 32 heavy (non-hydrogen) atoms. The number of nitrogens with one attached hydrogen (secondary N) is 1. The van der Waals surface area contributed by atoms with E-state index in [1.54, 1.807) is 19.1 Å². The molecule has 1 N–H and O–H groups in total. The van der Waals surface area contributed by atoms with Gasteiger partial charge >= 0.3 is 0 Å². The summed E-state index contributed by atoms with van der Waals surface area (Å²) < 4.78 is 10.6. The van der Waals surface area contributed by atoms with Gasteiger partial charge in [-0.1, -0.05) is 37.8 Å². The fraction of sp³-hybridized carbons (Fsp3) is 0.462. The van der Waals surface area contributed by atoms with Gasteiger partial charge in [-0.2, -0.15) is 0 Å². The number of ether oxygens (including phenoxy) is 2. The van der Waals surface area contributed by atoms with Crippen LogP contribution in [-0.4, -0.2) is 32.1 Å². The lowest BCUT2D eigenvalue weighted by atomic mass is 9.92. The highest BCUT2D eigenvalue weighted by Crippen LogP contribution is 2.42. The maximum atomic E-state index is 13.4. The van der Waals surface area contributed by atoms with Crippen molar-refractivity contribution in [3.63, 3.8) is 0 Å². The summed E-state index contributed by atoms with van der Waals surface area (Å²) in [5.74, 6) is 0.956. The number of carbonyl (C=O) groups excluding carboxylic acids is 2. The SMILES string of the molecule is COc1ccc(C2C(C(=O)NC3CCCCCC3)CC(=O)N2c2ccc(OC)cc2)cc1. The van der Waals surface area contributed by atoms with Crippen molar-refractivity contribution in [3.8, 4) is 11.5 Å². The number of rotatable bonds is 6. The number of hydrogen-bond acceptors (Lipinski definition) is 4. The van der Waals surface area contributed by atoms with Crippen LogP contribution >= 0.6 is 0 Å². The lowest BCUT2D eigenvalue weighted by Crippen LogP contribution is -2.41. The first-order chi connectivity index (χ1) is 15.6. The molecule has 0 spiro atoms. The first-order valence-electron chi connectivity index (χ1n) is 11.5. The predicted molar refractivity (Wildman–Crippen MR) is 124 cm³/mol. The molecule has 2 unspecified atom stereocenters. The molecule has 170 valence electrons. The van der Waals surface area contributed by atoms with Gasteiger partial charge in [-0.15, -0.1) is 0 Å². The second-order valence-corrected chi connectivity index (χ2v) is 8.69. The quantitative estimate of drug-likeness (QED) is 0.670. The van der Waals surface area contributed by atoms with Gasteiger partial charge in [-0.05, 0) is 54.8 Å². The van der Waals surface area contributed by atoms with Crippen LogP contribution in [0.3, 0.4) is 0 Å². The van der Waals surface area contributed by atoms with Crippen LogP contribution in [-0.2, 0) is 9.59 Å². The summed E-state index contributed by atoms with van der Waals surface area (Å²) in [5, 5.41) is 3.27. The Kier molecular flexibility index (Phi) is 6.98. The first-order valence-corrected chi connectivity index (χ1v) is 11.5. The third kappa shape index (κ3) is 4.74. The Labute approximate surface area is 189 Å². The zero-order valence-electron chi connectivity index (χ0n) is 18.9. The number of hydrogen-bond donors (Lipinski definition) is 1. The predicted octanol–water partition coefficient (Wildman–Crippen LogP) is 4.64. The molecule has 2 aromatic rings. The van der Waals surface area contributed by atoms with Gasteiger partial charge in [0, 0.05) is 18.2 Å². The molecule has 2 aromatic carbocycles. The van der Waals surface area contributed by atoms with Gasteiger partial charge in [0.25, 0.3) is 0 Å². The molecule has 0 aromatic heterocycles. The maximum Gasteiger partial charge on any atom is 0.228 e. The topological polar surface area (TPSA) is 67.9 Å². The molecule has 0 bridgehead atoms. The minimum absolute atomic E-state index is 0.0259. The number of anilines is 1. The molecule has 1 saturated heterocycles. The molecule has 6 nitrogen and oxygen atoms in total. The van der Waals surface area contributed by atoms with Gasteiger partial charge in [0.05, 0.1) is 26.2 Å². The molecule has 1 saturated carbocycles. The number of nitrogens with zero attached hydrogens (tertiary/aromatic N) is 1. The average Bonchev–Trinajstić information content (AvgIpc) is 2.98. The maximum absolute atomic E-state index is 13.4. The molecular formula is C26H32N2O4. The minimum atomic E-state index is -0.443. The zero-order chi connectivity index (χ0) is 22.5. The first kappa shape index (κ1) is 22.2. The summed E-state index contributed by atoms with van der Waals surface area (Å²) in [7, 11) is 3.24. The molecule has 1 heterocycles. The molecule has 6 heteroatoms. The van der Waals surface area contributed by atoms with Crippen molar-refractivity contribution in [3.05, 3.63) is 54.1 Å². The van der Waals surface area contributed by atoms with Crippen molar-refractivity contribution in [2.45, 2.75) is 57.0 Å². The highest BCUT2D eigenvalue weighted by Gasteiger charge is 2.45. The van der Waals surface area contributed by atoms with E-state index in [2.05, 4.69) is 5.32 Å². The van der Waals surface area contributed by atoms with Crippen LogP contribution in [0.2, 0.25) is 0 Å². The van der Waals surface area contributed by atoms with Crippen LogP contribution in [0.5, 0.6) is 11.5 Å². The van der Waals surface area contributed by atoms with E-state index >= 15 is 0 Å². The molecule has 2 amide bonds. The highest BCUT2D eigenvalue weighted by molar-refractivity contribution is 6.01. The number of methoxy groups -OCH3 is 2. The van der Waals surface area contributed by atoms with Gasteiger partial charge in [-0.3, -0.25) is 9.59 Å². The summed E-state index contributed by atoms with van der Waals surface area (Å²) in [5.41, 5.74) is 1.69. The third-order valence-corrected chi connectivity index (χ3v) is 6.67. The number of carbonyl (C=O) groups is 2. The molecule has 1 aliphatic carbocycles. The fourth-order valence-corrected chi connectivity index (χ4v) is 4.93. The van der Waals surface area contributed by atoms with E-state index in [0.717, 1.165) is 48.4 Å². The fourth-order valence-electron chi connectivity index (χ4n) is 4.93. The van der Waals surface area contributed by atoms with Crippen LogP contribution in [0.15, 0.2) is 48.5 Å². The summed E-state index contributed by atoms with van der Waals surface area (Å²) in [6, 6.07) is 14.9. The Morgan fingerprint density at radius 1 is 0.875 bits per heavy atom. The Morgan fingerprint density at radius 2 is 1.44 bits per heavy atom. The Morgan fingerprint density at radius 3 is 2.00 bits per heavy atom. The largest absolute Gasteiger partial charge is 0.497 e. The van der Waals surface area contributed by atoms with Crippen LogP contribution < -0.4 is 19.7 Å². The second-order valence-electron chi connectivity index (χ2n) is 8.69. The van der Waals surface area contributed by atoms with Gasteiger partial charge in [-0.25, -0.2) is 0 Å². The lowest BCUT2D eigenvalue weighted by Gasteiger charge is -2.29. The minimum Gasteiger partial charge on any atom is -0.497 e. The van der Waals surface area contributed by atoms with Gasteiger partial charge in [0.15, 0.2) is 0 Å². The summed E-state index contributed by atoms with van der Waals surface area (Å²) in [4.78, 5) is 28.4. The molecule has 2 atom stereocenters. The van der Waals surface area contributed by atoms with Crippen molar-refractivity contribution in [1.82, 2.24) is 5.32 Å². The van der Waals surface area contributed by atoms with Gasteiger partial charge in [0.2, 0.25) is 11.8 Å². The zero-order valence-corrected chi connectivity index (χ0v) is 18.9. The van der Waals surface area contributed by atoms with Gasteiger partial charge < -0.3 is 19.7 Å². The van der Waals surface area contributed by atoms with Crippen molar-refractivity contribution >= 4 is 17.5 Å². The number of amides is 2. The monoisotopic (exact) mass is 436 g/mol. The van der Waals surface area contributed by atoms with Crippen molar-refractivity contribution in [1.29, 1.82) is 0 Å². The summed E-state index contributed by atoms with van der Waals surface area (Å²) in [6.45, 7) is 0. The standard InChI is InChI=1S/C26H32N2O4/c1-31-21-13-9-18(10-14-21)25-23(26(30)27-19-7-5-3-4-6-8-19)17-24(29)28(25)20-11-15-22(32-2)16-12-20/h9-16,19,23,25H,3-8,17H2,1-2H3,(H,27,30). The smallest absolute Gasteiger partial charge is 0.228 e. The summed E-state index contributed by atoms with van der Waals surface area (Å²) >= 11 is 0. The van der Waals surface area contributed by atoms with E-state index in [0.29, 0.717) is 0 Å². The molecule has 1 aliphatic heterocycles. The Bertz CT molecular complexity index is 918. The van der Waals surface area contributed by atoms with E-state index in [9.17, 15) is 9.59 Å². The van der Waals surface area contributed by atoms with Crippen LogP contribution in [0.4, 0.5) is 5.69 Å². The lowest BCUT2D eigenvalue weighted by molar-refractivity contribution is -0.127. The van der Waals surface area contributed by atoms with Crippen molar-refractivity contribution in [2.24, 2.45) is 5.92 Å². The van der Waals surface area contributed by atoms with E-state index < -0.39 is 5.92 Å². The highest BCUT2D eigenvalue weighted by atomic mass is 16.5. The van der Waals surface area contributed by atoms with Crippen LogP contribution in [0, 0.1) is 5.92 Å². The van der Waals surface area contributed by atoms with Gasteiger partial charge in [0.1, 0.15) is 11.5 Å². The van der Waals surface area contributed by atoms with Crippen molar-refractivity contribution in [2.75, 3.05) is 19.1 Å². The molecule has 4 rings (SSSR count). The van der Waals surface area contributed by atoms with E-state index in [4.69, 9.17) is 9.47 Å².